The molecule has 2 unspecified atom stereocenters. The summed E-state index contributed by atoms with van der Waals surface area (Å²) in [7, 11) is 0. The van der Waals surface area contributed by atoms with E-state index in [4.69, 9.17) is 11.6 Å². The Morgan fingerprint density at radius 3 is 3.11 bits per heavy atom. The molecule has 3 heterocycles. The van der Waals surface area contributed by atoms with E-state index < -0.39 is 0 Å². The van der Waals surface area contributed by atoms with Crippen LogP contribution in [-0.2, 0) is 0 Å². The van der Waals surface area contributed by atoms with Crippen LogP contribution in [0, 0.1) is 0 Å². The number of rotatable bonds is 3. The molecule has 1 fully saturated rings. The van der Waals surface area contributed by atoms with E-state index in [1.54, 1.807) is 11.3 Å². The predicted molar refractivity (Wildman–Crippen MR) is 80.2 cm³/mol. The third-order valence-corrected chi connectivity index (χ3v) is 5.24. The van der Waals surface area contributed by atoms with Crippen molar-refractivity contribution in [1.29, 1.82) is 0 Å². The predicted octanol–water partition coefficient (Wildman–Crippen LogP) is 3.67. The van der Waals surface area contributed by atoms with Gasteiger partial charge < -0.3 is 9.88 Å². The summed E-state index contributed by atoms with van der Waals surface area (Å²) in [5, 5.41) is 3.47. The SMILES string of the molecule is CC(c1ccc(Cl)s1)n1cncc1C1CCCNC1. The summed E-state index contributed by atoms with van der Waals surface area (Å²) in [5.41, 5.74) is 1.34. The van der Waals surface area contributed by atoms with Gasteiger partial charge in [0.1, 0.15) is 0 Å². The van der Waals surface area contributed by atoms with Gasteiger partial charge in [-0.15, -0.1) is 11.3 Å². The molecule has 5 heteroatoms. The van der Waals surface area contributed by atoms with Gasteiger partial charge in [-0.3, -0.25) is 0 Å². The Kier molecular flexibility index (Phi) is 3.91. The average Bonchev–Trinajstić information content (AvgIpc) is 3.07. The maximum Gasteiger partial charge on any atom is 0.0954 e. The molecule has 2 aromatic heterocycles. The van der Waals surface area contributed by atoms with Crippen LogP contribution in [-0.4, -0.2) is 22.6 Å². The first-order valence-corrected chi connectivity index (χ1v) is 7.93. The van der Waals surface area contributed by atoms with E-state index in [1.807, 2.05) is 18.6 Å². The smallest absolute Gasteiger partial charge is 0.0954 e. The fourth-order valence-electron chi connectivity index (χ4n) is 2.75. The van der Waals surface area contributed by atoms with Gasteiger partial charge in [0.25, 0.3) is 0 Å². The van der Waals surface area contributed by atoms with Gasteiger partial charge in [0, 0.05) is 29.2 Å². The number of hydrogen-bond acceptors (Lipinski definition) is 3. The second-order valence-corrected chi connectivity index (χ2v) is 6.83. The summed E-state index contributed by atoms with van der Waals surface area (Å²) < 4.78 is 3.14. The molecule has 3 rings (SSSR count). The van der Waals surface area contributed by atoms with Crippen molar-refractivity contribution in [3.8, 4) is 0 Å². The summed E-state index contributed by atoms with van der Waals surface area (Å²) in [5.74, 6) is 0.578. The Bertz CT molecular complexity index is 542. The zero-order chi connectivity index (χ0) is 13.2. The Morgan fingerprint density at radius 1 is 1.53 bits per heavy atom. The highest BCUT2D eigenvalue weighted by atomic mass is 35.5. The lowest BCUT2D eigenvalue weighted by molar-refractivity contribution is 0.436. The van der Waals surface area contributed by atoms with E-state index in [0.29, 0.717) is 12.0 Å². The van der Waals surface area contributed by atoms with Crippen LogP contribution in [0.4, 0.5) is 0 Å². The topological polar surface area (TPSA) is 29.9 Å². The summed E-state index contributed by atoms with van der Waals surface area (Å²) >= 11 is 7.69. The van der Waals surface area contributed by atoms with E-state index in [9.17, 15) is 0 Å². The Morgan fingerprint density at radius 2 is 2.42 bits per heavy atom. The van der Waals surface area contributed by atoms with Crippen molar-refractivity contribution in [3.05, 3.63) is 39.6 Å². The van der Waals surface area contributed by atoms with Gasteiger partial charge >= 0.3 is 0 Å². The zero-order valence-electron chi connectivity index (χ0n) is 11.0. The molecular weight excluding hydrogens is 278 g/mol. The standard InChI is InChI=1S/C14H18ClN3S/c1-10(13-4-5-14(15)19-13)18-9-17-8-12(18)11-3-2-6-16-7-11/h4-5,8-11,16H,2-3,6-7H2,1H3. The summed E-state index contributed by atoms with van der Waals surface area (Å²) in [6.07, 6.45) is 6.46. The van der Waals surface area contributed by atoms with Crippen molar-refractivity contribution in [3.63, 3.8) is 0 Å². The van der Waals surface area contributed by atoms with Crippen molar-refractivity contribution in [1.82, 2.24) is 14.9 Å². The lowest BCUT2D eigenvalue weighted by atomic mass is 9.96. The van der Waals surface area contributed by atoms with Crippen molar-refractivity contribution < 1.29 is 0 Å². The highest BCUT2D eigenvalue weighted by Crippen LogP contribution is 2.32. The van der Waals surface area contributed by atoms with Crippen LogP contribution in [0.3, 0.4) is 0 Å². The number of aromatic nitrogens is 2. The van der Waals surface area contributed by atoms with Crippen LogP contribution >= 0.6 is 22.9 Å². The number of piperidine rings is 1. The van der Waals surface area contributed by atoms with Crippen LogP contribution in [0.2, 0.25) is 4.34 Å². The maximum absolute atomic E-state index is 6.04. The number of halogens is 1. The number of nitrogens with zero attached hydrogens (tertiary/aromatic N) is 2. The molecule has 2 atom stereocenters. The quantitative estimate of drug-likeness (QED) is 0.936. The molecule has 19 heavy (non-hydrogen) atoms. The normalized spacial score (nSPS) is 21.5. The van der Waals surface area contributed by atoms with Crippen LogP contribution in [0.5, 0.6) is 0 Å². The molecule has 0 spiro atoms. The molecule has 1 aliphatic rings. The van der Waals surface area contributed by atoms with Gasteiger partial charge in [0.2, 0.25) is 0 Å². The second-order valence-electron chi connectivity index (χ2n) is 5.09. The lowest BCUT2D eigenvalue weighted by Gasteiger charge is -2.25. The molecule has 1 saturated heterocycles. The van der Waals surface area contributed by atoms with E-state index in [0.717, 1.165) is 17.4 Å². The highest BCUT2D eigenvalue weighted by molar-refractivity contribution is 7.16. The van der Waals surface area contributed by atoms with E-state index in [-0.39, 0.29) is 0 Å². The van der Waals surface area contributed by atoms with Crippen molar-refractivity contribution in [2.75, 3.05) is 13.1 Å². The van der Waals surface area contributed by atoms with Crippen LogP contribution < -0.4 is 5.32 Å². The van der Waals surface area contributed by atoms with Gasteiger partial charge in [0.05, 0.1) is 16.7 Å². The largest absolute Gasteiger partial charge is 0.326 e. The molecule has 102 valence electrons. The molecule has 0 bridgehead atoms. The highest BCUT2D eigenvalue weighted by Gasteiger charge is 2.21. The fourth-order valence-corrected chi connectivity index (χ4v) is 3.86. The molecule has 1 N–H and O–H groups in total. The second kappa shape index (κ2) is 5.65. The van der Waals surface area contributed by atoms with Gasteiger partial charge in [-0.1, -0.05) is 11.6 Å². The molecule has 3 nitrogen and oxygen atoms in total. The first-order chi connectivity index (χ1) is 9.25. The van der Waals surface area contributed by atoms with Crippen molar-refractivity contribution >= 4 is 22.9 Å². The zero-order valence-corrected chi connectivity index (χ0v) is 12.5. The van der Waals surface area contributed by atoms with E-state index in [1.165, 1.54) is 23.4 Å². The number of hydrogen-bond donors (Lipinski definition) is 1. The minimum absolute atomic E-state index is 0.303. The van der Waals surface area contributed by atoms with Crippen LogP contribution in [0.15, 0.2) is 24.7 Å². The third-order valence-electron chi connectivity index (χ3n) is 3.83. The Hall–Kier alpha value is -0.840. The molecule has 0 aliphatic carbocycles. The fraction of sp³-hybridized carbons (Fsp3) is 0.500. The summed E-state index contributed by atoms with van der Waals surface area (Å²) in [6.45, 7) is 4.41. The Balaban J connectivity index is 1.86. The number of thiophene rings is 1. The minimum atomic E-state index is 0.303. The van der Waals surface area contributed by atoms with Crippen molar-refractivity contribution in [2.24, 2.45) is 0 Å². The van der Waals surface area contributed by atoms with Crippen LogP contribution in [0.25, 0.3) is 0 Å². The molecule has 2 aromatic rings. The van der Waals surface area contributed by atoms with Gasteiger partial charge in [-0.2, -0.15) is 0 Å². The average molecular weight is 296 g/mol. The van der Waals surface area contributed by atoms with Crippen LogP contribution in [0.1, 0.15) is 42.3 Å². The van der Waals surface area contributed by atoms with E-state index >= 15 is 0 Å². The molecule has 1 aliphatic heterocycles. The van der Waals surface area contributed by atoms with Gasteiger partial charge in [-0.25, -0.2) is 4.98 Å². The van der Waals surface area contributed by atoms with Gasteiger partial charge in [0.15, 0.2) is 0 Å². The summed E-state index contributed by atoms with van der Waals surface area (Å²) in [4.78, 5) is 5.64. The molecule has 0 aromatic carbocycles. The first kappa shape index (κ1) is 13.2. The number of imidazole rings is 1. The van der Waals surface area contributed by atoms with Gasteiger partial charge in [-0.05, 0) is 38.4 Å². The van der Waals surface area contributed by atoms with E-state index in [2.05, 4.69) is 27.9 Å². The molecule has 0 radical (unpaired) electrons. The van der Waals surface area contributed by atoms with Crippen molar-refractivity contribution in [2.45, 2.75) is 31.7 Å². The third kappa shape index (κ3) is 2.71. The number of nitrogens with one attached hydrogen (secondary N) is 1. The minimum Gasteiger partial charge on any atom is -0.326 e. The lowest BCUT2D eigenvalue weighted by Crippen LogP contribution is -2.29. The monoisotopic (exact) mass is 295 g/mol. The molecule has 0 amide bonds. The first-order valence-electron chi connectivity index (χ1n) is 6.73. The maximum atomic E-state index is 6.04. The molecular formula is C14H18ClN3S. The summed E-state index contributed by atoms with van der Waals surface area (Å²) in [6, 6.07) is 4.38. The molecule has 0 saturated carbocycles. The Labute approximate surface area is 122 Å².